The summed E-state index contributed by atoms with van der Waals surface area (Å²) in [5.74, 6) is 0. The van der Waals surface area contributed by atoms with Gasteiger partial charge in [0.05, 0.1) is 0 Å². The SMILES string of the molecule is c1ccc2c(c1)-c1cc(-c3cccc4c3sc3ccccc34)ccc1B1c3ccc(-c4cccc5c4sc4ccccc45)cc3-c3ccccc3N12. The van der Waals surface area contributed by atoms with Crippen LogP contribution in [0.1, 0.15) is 0 Å². The van der Waals surface area contributed by atoms with Gasteiger partial charge in [-0.05, 0) is 80.7 Å². The third-order valence-electron chi connectivity index (χ3n) is 11.3. The maximum atomic E-state index is 2.59. The lowest BCUT2D eigenvalue weighted by atomic mass is 9.43. The number of hydrogen-bond donors (Lipinski definition) is 0. The van der Waals surface area contributed by atoms with Crippen LogP contribution in [-0.4, -0.2) is 6.85 Å². The molecule has 12 rings (SSSR count). The summed E-state index contributed by atoms with van der Waals surface area (Å²) in [6, 6.07) is 63.6. The van der Waals surface area contributed by atoms with Crippen molar-refractivity contribution in [2.24, 2.45) is 0 Å². The summed E-state index contributed by atoms with van der Waals surface area (Å²) in [6.07, 6.45) is 0. The molecule has 2 aromatic heterocycles. The fourth-order valence-corrected chi connectivity index (χ4v) is 11.5. The molecule has 0 spiro atoms. The normalized spacial score (nSPS) is 12.9. The second-order valence-corrected chi connectivity index (χ2v) is 16.1. The highest BCUT2D eigenvalue weighted by atomic mass is 32.1. The number of fused-ring (bicyclic) bond motifs is 17. The van der Waals surface area contributed by atoms with Crippen molar-refractivity contribution in [2.45, 2.75) is 0 Å². The quantitative estimate of drug-likeness (QED) is 0.163. The maximum absolute atomic E-state index is 2.59. The van der Waals surface area contributed by atoms with Gasteiger partial charge in [-0.1, -0.05) is 133 Å². The second kappa shape index (κ2) is 10.8. The summed E-state index contributed by atoms with van der Waals surface area (Å²) in [6.45, 7) is 0.0538. The molecule has 0 aliphatic carbocycles. The minimum atomic E-state index is 0.0538. The van der Waals surface area contributed by atoms with E-state index in [1.54, 1.807) is 0 Å². The van der Waals surface area contributed by atoms with E-state index in [4.69, 9.17) is 0 Å². The summed E-state index contributed by atoms with van der Waals surface area (Å²) in [4.78, 5) is 2.59. The minimum absolute atomic E-state index is 0.0538. The smallest absolute Gasteiger partial charge is 0.329 e. The van der Waals surface area contributed by atoms with Gasteiger partial charge < -0.3 is 4.81 Å². The van der Waals surface area contributed by atoms with E-state index in [-0.39, 0.29) is 6.85 Å². The van der Waals surface area contributed by atoms with Crippen LogP contribution >= 0.6 is 22.7 Å². The Labute approximate surface area is 309 Å². The maximum Gasteiger partial charge on any atom is 0.329 e. The molecule has 8 aromatic carbocycles. The van der Waals surface area contributed by atoms with Crippen LogP contribution in [0.15, 0.2) is 170 Å². The van der Waals surface area contributed by atoms with Crippen LogP contribution in [0.3, 0.4) is 0 Å². The van der Waals surface area contributed by atoms with Gasteiger partial charge in [-0.2, -0.15) is 0 Å². The first kappa shape index (κ1) is 28.7. The molecule has 0 saturated carbocycles. The summed E-state index contributed by atoms with van der Waals surface area (Å²) in [5.41, 5.74) is 15.5. The first-order valence-electron chi connectivity index (χ1n) is 17.9. The van der Waals surface area contributed by atoms with Crippen molar-refractivity contribution in [3.05, 3.63) is 170 Å². The number of para-hydroxylation sites is 2. The third-order valence-corrected chi connectivity index (χ3v) is 13.7. The second-order valence-electron chi connectivity index (χ2n) is 14.0. The number of rotatable bonds is 2. The Kier molecular flexibility index (Phi) is 5.96. The van der Waals surface area contributed by atoms with E-state index in [1.807, 2.05) is 22.7 Å². The highest BCUT2D eigenvalue weighted by Gasteiger charge is 2.42. The molecule has 0 fully saturated rings. The standard InChI is InChI=1S/C48H28BNS2/c1-5-19-43-33(11-1)39-27-29(31-15-9-17-37-35-13-3-7-21-45(35)51-47(31)37)23-25-41(39)49-42-26-24-30(28-40(42)34-12-2-6-20-44(34)50(43)49)32-16-10-18-38-36-14-4-8-22-46(36)52-48(32)38/h1-28H. The molecule has 0 amide bonds. The zero-order chi connectivity index (χ0) is 33.9. The van der Waals surface area contributed by atoms with Gasteiger partial charge >= 0.3 is 6.85 Å². The van der Waals surface area contributed by atoms with E-state index in [0.29, 0.717) is 0 Å². The van der Waals surface area contributed by atoms with Crippen molar-refractivity contribution in [1.29, 1.82) is 0 Å². The molecule has 1 nitrogen and oxygen atoms in total. The molecule has 0 saturated heterocycles. The molecule has 0 N–H and O–H groups in total. The van der Waals surface area contributed by atoms with Crippen LogP contribution in [-0.2, 0) is 0 Å². The molecule has 0 unspecified atom stereocenters. The first-order valence-corrected chi connectivity index (χ1v) is 19.5. The third kappa shape index (κ3) is 3.94. The molecule has 4 heterocycles. The van der Waals surface area contributed by atoms with E-state index < -0.39 is 0 Å². The monoisotopic (exact) mass is 693 g/mol. The van der Waals surface area contributed by atoms with Gasteiger partial charge in [-0.15, -0.1) is 22.7 Å². The van der Waals surface area contributed by atoms with Crippen molar-refractivity contribution >= 4 is 92.2 Å². The van der Waals surface area contributed by atoms with Gasteiger partial charge in [0, 0.05) is 62.8 Å². The van der Waals surface area contributed by atoms with Crippen LogP contribution < -0.4 is 15.7 Å². The van der Waals surface area contributed by atoms with E-state index >= 15 is 0 Å². The Bertz CT molecular complexity index is 2910. The summed E-state index contributed by atoms with van der Waals surface area (Å²) < 4.78 is 5.38. The summed E-state index contributed by atoms with van der Waals surface area (Å²) >= 11 is 3.80. The number of anilines is 2. The molecule has 0 bridgehead atoms. The lowest BCUT2D eigenvalue weighted by molar-refractivity contribution is 1.35. The van der Waals surface area contributed by atoms with Crippen LogP contribution in [0.5, 0.6) is 0 Å². The average Bonchev–Trinajstić information content (AvgIpc) is 3.79. The molecule has 4 heteroatoms. The predicted octanol–water partition coefficient (Wildman–Crippen LogP) is 12.7. The fraction of sp³-hybridized carbons (Fsp3) is 0. The molecule has 240 valence electrons. The summed E-state index contributed by atoms with van der Waals surface area (Å²) in [5, 5.41) is 5.34. The summed E-state index contributed by atoms with van der Waals surface area (Å²) in [7, 11) is 0. The Morgan fingerprint density at radius 3 is 1.29 bits per heavy atom. The largest absolute Gasteiger partial charge is 0.376 e. The van der Waals surface area contributed by atoms with Crippen molar-refractivity contribution in [1.82, 2.24) is 0 Å². The Balaban J connectivity index is 1.08. The lowest BCUT2D eigenvalue weighted by Gasteiger charge is -2.43. The van der Waals surface area contributed by atoms with E-state index in [0.717, 1.165) is 0 Å². The number of nitrogens with zero attached hydrogens (tertiary/aromatic N) is 1. The van der Waals surface area contributed by atoms with Gasteiger partial charge in [0.1, 0.15) is 0 Å². The molecule has 0 atom stereocenters. The van der Waals surface area contributed by atoms with Crippen LogP contribution in [0.25, 0.3) is 84.9 Å². The molecule has 2 aliphatic heterocycles. The van der Waals surface area contributed by atoms with Crippen molar-refractivity contribution in [2.75, 3.05) is 4.81 Å². The minimum Gasteiger partial charge on any atom is -0.376 e. The first-order chi connectivity index (χ1) is 25.8. The molecule has 0 radical (unpaired) electrons. The fourth-order valence-electron chi connectivity index (χ4n) is 9.02. The van der Waals surface area contributed by atoms with Gasteiger partial charge in [0.2, 0.25) is 0 Å². The van der Waals surface area contributed by atoms with E-state index in [2.05, 4.69) is 175 Å². The molecule has 2 aliphatic rings. The Hall–Kier alpha value is -5.94. The van der Waals surface area contributed by atoms with Crippen molar-refractivity contribution < 1.29 is 0 Å². The highest BCUT2D eigenvalue weighted by Crippen LogP contribution is 2.48. The van der Waals surface area contributed by atoms with Crippen LogP contribution in [0.4, 0.5) is 11.4 Å². The molecule has 52 heavy (non-hydrogen) atoms. The lowest BCUT2D eigenvalue weighted by Crippen LogP contribution is -2.59. The number of hydrogen-bond acceptors (Lipinski definition) is 3. The van der Waals surface area contributed by atoms with Crippen LogP contribution in [0.2, 0.25) is 0 Å². The molecule has 10 aromatic rings. The van der Waals surface area contributed by atoms with E-state index in [1.165, 1.54) is 107 Å². The average molecular weight is 694 g/mol. The van der Waals surface area contributed by atoms with Gasteiger partial charge in [0.15, 0.2) is 0 Å². The number of thiophene rings is 2. The van der Waals surface area contributed by atoms with Crippen LogP contribution in [0, 0.1) is 0 Å². The van der Waals surface area contributed by atoms with Gasteiger partial charge in [-0.3, -0.25) is 0 Å². The topological polar surface area (TPSA) is 3.24 Å². The van der Waals surface area contributed by atoms with E-state index in [9.17, 15) is 0 Å². The predicted molar refractivity (Wildman–Crippen MR) is 228 cm³/mol. The van der Waals surface area contributed by atoms with Crippen molar-refractivity contribution in [3.63, 3.8) is 0 Å². The van der Waals surface area contributed by atoms with Crippen molar-refractivity contribution in [3.8, 4) is 44.5 Å². The zero-order valence-electron chi connectivity index (χ0n) is 28.0. The highest BCUT2D eigenvalue weighted by molar-refractivity contribution is 7.26. The molecular weight excluding hydrogens is 665 g/mol. The Morgan fingerprint density at radius 1 is 0.346 bits per heavy atom. The molecular formula is C48H28BNS2. The van der Waals surface area contributed by atoms with Gasteiger partial charge in [0.25, 0.3) is 0 Å². The zero-order valence-corrected chi connectivity index (χ0v) is 29.6. The van der Waals surface area contributed by atoms with Gasteiger partial charge in [-0.25, -0.2) is 0 Å². The Morgan fingerprint density at radius 2 is 0.769 bits per heavy atom. The number of benzene rings is 8.